The number of carbonyl (C=O) groups is 2. The molecule has 1 aliphatic rings. The summed E-state index contributed by atoms with van der Waals surface area (Å²) >= 11 is 1.72. The van der Waals surface area contributed by atoms with E-state index >= 15 is 0 Å². The van der Waals surface area contributed by atoms with E-state index in [9.17, 15) is 9.59 Å². The number of benzene rings is 1. The minimum Gasteiger partial charge on any atom is -0.497 e. The van der Waals surface area contributed by atoms with Gasteiger partial charge in [0.05, 0.1) is 20.3 Å². The lowest BCUT2D eigenvalue weighted by molar-refractivity contribution is -0.124. The van der Waals surface area contributed by atoms with Crippen LogP contribution >= 0.6 is 11.3 Å². The molecule has 0 bridgehead atoms. The maximum absolute atomic E-state index is 13.2. The van der Waals surface area contributed by atoms with Crippen LogP contribution < -0.4 is 20.1 Å². The van der Waals surface area contributed by atoms with E-state index in [2.05, 4.69) is 40.0 Å². The number of methoxy groups -OCH3 is 2. The van der Waals surface area contributed by atoms with Crippen LogP contribution in [0.3, 0.4) is 0 Å². The molecule has 0 spiro atoms. The molecule has 8 heteroatoms. The van der Waals surface area contributed by atoms with Crippen LogP contribution in [0.1, 0.15) is 54.9 Å². The van der Waals surface area contributed by atoms with Crippen molar-refractivity contribution in [3.8, 4) is 11.5 Å². The van der Waals surface area contributed by atoms with E-state index in [0.717, 1.165) is 19.0 Å². The summed E-state index contributed by atoms with van der Waals surface area (Å²) in [4.78, 5) is 29.9. The second-order valence-corrected chi connectivity index (χ2v) is 10.3. The van der Waals surface area contributed by atoms with E-state index in [4.69, 9.17) is 9.47 Å². The highest BCUT2D eigenvalue weighted by Gasteiger charge is 2.29. The van der Waals surface area contributed by atoms with Crippen LogP contribution in [0.4, 0.5) is 0 Å². The Balaban J connectivity index is 1.68. The molecule has 186 valence electrons. The normalized spacial score (nSPS) is 16.6. The Hall–Kier alpha value is -2.58. The van der Waals surface area contributed by atoms with E-state index in [1.807, 2.05) is 13.8 Å². The van der Waals surface area contributed by atoms with Gasteiger partial charge in [-0.25, -0.2) is 0 Å². The van der Waals surface area contributed by atoms with Gasteiger partial charge in [0.2, 0.25) is 5.91 Å². The molecule has 2 amide bonds. The standard InChI is InChI=1S/C26H37N3O4S/c1-17(2)24(28-25(30)19-13-20(32-4)15-21(14-19)33-5)26(31)27-16-22(23-7-6-12-34-23)29-10-8-18(3)9-11-29/h6-7,12-15,17-18,22,24H,8-11,16H2,1-5H3,(H,27,31)(H,28,30)/t22-,24-/m0/s1. The summed E-state index contributed by atoms with van der Waals surface area (Å²) in [6.07, 6.45) is 2.34. The minimum atomic E-state index is -0.657. The third kappa shape index (κ3) is 6.73. The molecule has 0 saturated carbocycles. The van der Waals surface area contributed by atoms with Crippen LogP contribution in [-0.4, -0.2) is 56.6 Å². The Labute approximate surface area is 206 Å². The van der Waals surface area contributed by atoms with Gasteiger partial charge in [0.1, 0.15) is 17.5 Å². The van der Waals surface area contributed by atoms with E-state index in [1.165, 1.54) is 31.9 Å². The molecular formula is C26H37N3O4S. The number of nitrogens with zero attached hydrogens (tertiary/aromatic N) is 1. The van der Waals surface area contributed by atoms with E-state index in [1.54, 1.807) is 29.5 Å². The fourth-order valence-corrected chi connectivity index (χ4v) is 5.10. The summed E-state index contributed by atoms with van der Waals surface area (Å²) in [7, 11) is 3.07. The van der Waals surface area contributed by atoms with Crippen LogP contribution in [0.15, 0.2) is 35.7 Å². The molecule has 1 fully saturated rings. The Bertz CT molecular complexity index is 917. The first-order chi connectivity index (χ1) is 16.3. The first kappa shape index (κ1) is 26.0. The Morgan fingerprint density at radius 2 is 1.76 bits per heavy atom. The number of ether oxygens (including phenoxy) is 2. The number of likely N-dealkylation sites (tertiary alicyclic amines) is 1. The van der Waals surface area contributed by atoms with Gasteiger partial charge in [0.25, 0.3) is 5.91 Å². The van der Waals surface area contributed by atoms with Gasteiger partial charge in [-0.05, 0) is 61.3 Å². The Morgan fingerprint density at radius 1 is 1.12 bits per heavy atom. The summed E-state index contributed by atoms with van der Waals surface area (Å²) in [5.74, 6) is 1.18. The van der Waals surface area contributed by atoms with Crippen molar-refractivity contribution < 1.29 is 19.1 Å². The number of rotatable bonds is 10. The van der Waals surface area contributed by atoms with Crippen LogP contribution in [0, 0.1) is 11.8 Å². The fraction of sp³-hybridized carbons (Fsp3) is 0.538. The average molecular weight is 488 g/mol. The highest BCUT2D eigenvalue weighted by Crippen LogP contribution is 2.29. The highest BCUT2D eigenvalue weighted by molar-refractivity contribution is 7.10. The summed E-state index contributed by atoms with van der Waals surface area (Å²) < 4.78 is 10.5. The maximum atomic E-state index is 13.2. The van der Waals surface area contributed by atoms with Crippen molar-refractivity contribution in [3.63, 3.8) is 0 Å². The third-order valence-electron chi connectivity index (χ3n) is 6.45. The molecule has 2 aromatic rings. The summed E-state index contributed by atoms with van der Waals surface area (Å²) in [6.45, 7) is 8.73. The molecule has 2 atom stereocenters. The monoisotopic (exact) mass is 487 g/mol. The van der Waals surface area contributed by atoms with Gasteiger partial charge in [-0.2, -0.15) is 0 Å². The van der Waals surface area contributed by atoms with E-state index < -0.39 is 6.04 Å². The number of piperidine rings is 1. The van der Waals surface area contributed by atoms with Gasteiger partial charge in [0, 0.05) is 23.1 Å². The smallest absolute Gasteiger partial charge is 0.252 e. The number of amides is 2. The lowest BCUT2D eigenvalue weighted by Crippen LogP contribution is -2.51. The zero-order valence-corrected chi connectivity index (χ0v) is 21.6. The Kier molecular flexibility index (Phi) is 9.36. The van der Waals surface area contributed by atoms with Gasteiger partial charge >= 0.3 is 0 Å². The summed E-state index contributed by atoms with van der Waals surface area (Å²) in [6, 6.07) is 8.65. The second-order valence-electron chi connectivity index (χ2n) is 9.29. The second kappa shape index (κ2) is 12.2. The molecular weight excluding hydrogens is 450 g/mol. The van der Waals surface area contributed by atoms with Crippen molar-refractivity contribution >= 4 is 23.2 Å². The zero-order chi connectivity index (χ0) is 24.7. The summed E-state index contributed by atoms with van der Waals surface area (Å²) in [5.41, 5.74) is 0.383. The van der Waals surface area contributed by atoms with Crippen LogP contribution in [0.2, 0.25) is 0 Å². The molecule has 2 N–H and O–H groups in total. The number of hydrogen-bond acceptors (Lipinski definition) is 6. The third-order valence-corrected chi connectivity index (χ3v) is 7.42. The van der Waals surface area contributed by atoms with Crippen molar-refractivity contribution in [2.45, 2.75) is 45.7 Å². The molecule has 34 heavy (non-hydrogen) atoms. The summed E-state index contributed by atoms with van der Waals surface area (Å²) in [5, 5.41) is 8.11. The number of nitrogens with one attached hydrogen (secondary N) is 2. The maximum Gasteiger partial charge on any atom is 0.252 e. The molecule has 7 nitrogen and oxygen atoms in total. The van der Waals surface area contributed by atoms with Gasteiger partial charge in [-0.1, -0.05) is 26.8 Å². The van der Waals surface area contributed by atoms with Gasteiger partial charge < -0.3 is 20.1 Å². The SMILES string of the molecule is COc1cc(OC)cc(C(=O)N[C@H](C(=O)NC[C@@H](c2cccs2)N2CCC(C)CC2)C(C)C)c1. The van der Waals surface area contributed by atoms with Crippen molar-refractivity contribution in [2.24, 2.45) is 11.8 Å². The van der Waals surface area contributed by atoms with Crippen molar-refractivity contribution in [1.82, 2.24) is 15.5 Å². The molecule has 1 aromatic heterocycles. The molecule has 2 heterocycles. The topological polar surface area (TPSA) is 79.9 Å². The Morgan fingerprint density at radius 3 is 2.29 bits per heavy atom. The first-order valence-electron chi connectivity index (χ1n) is 11.9. The van der Waals surface area contributed by atoms with Crippen molar-refractivity contribution in [1.29, 1.82) is 0 Å². The highest BCUT2D eigenvalue weighted by atomic mass is 32.1. The van der Waals surface area contributed by atoms with Crippen LogP contribution in [0.5, 0.6) is 11.5 Å². The van der Waals surface area contributed by atoms with Crippen LogP contribution in [-0.2, 0) is 4.79 Å². The van der Waals surface area contributed by atoms with Crippen molar-refractivity contribution in [2.75, 3.05) is 33.9 Å². The molecule has 0 radical (unpaired) electrons. The lowest BCUT2D eigenvalue weighted by Gasteiger charge is -2.36. The van der Waals surface area contributed by atoms with Crippen LogP contribution in [0.25, 0.3) is 0 Å². The molecule has 1 saturated heterocycles. The predicted molar refractivity (Wildman–Crippen MR) is 136 cm³/mol. The molecule has 3 rings (SSSR count). The first-order valence-corrected chi connectivity index (χ1v) is 12.8. The number of hydrogen-bond donors (Lipinski definition) is 2. The number of carbonyl (C=O) groups excluding carboxylic acids is 2. The largest absolute Gasteiger partial charge is 0.497 e. The number of thiophene rings is 1. The zero-order valence-electron chi connectivity index (χ0n) is 20.8. The fourth-order valence-electron chi connectivity index (χ4n) is 4.24. The van der Waals surface area contributed by atoms with E-state index in [-0.39, 0.29) is 23.8 Å². The van der Waals surface area contributed by atoms with Crippen molar-refractivity contribution in [3.05, 3.63) is 46.2 Å². The molecule has 0 aliphatic carbocycles. The minimum absolute atomic E-state index is 0.0764. The van der Waals surface area contributed by atoms with Gasteiger partial charge in [-0.3, -0.25) is 14.5 Å². The van der Waals surface area contributed by atoms with Gasteiger partial charge in [-0.15, -0.1) is 11.3 Å². The lowest BCUT2D eigenvalue weighted by atomic mass is 9.97. The quantitative estimate of drug-likeness (QED) is 0.527. The van der Waals surface area contributed by atoms with Gasteiger partial charge in [0.15, 0.2) is 0 Å². The molecule has 1 aliphatic heterocycles. The average Bonchev–Trinajstić information content (AvgIpc) is 3.37. The molecule has 1 aromatic carbocycles. The molecule has 0 unspecified atom stereocenters. The van der Waals surface area contributed by atoms with E-state index in [0.29, 0.717) is 23.6 Å². The predicted octanol–water partition coefficient (Wildman–Crippen LogP) is 4.11.